The van der Waals surface area contributed by atoms with Crippen molar-refractivity contribution < 1.29 is 0 Å². The molecule has 1 aromatic rings. The number of hydrogen-bond acceptors (Lipinski definition) is 0. The molecule has 72 valence electrons. The van der Waals surface area contributed by atoms with Crippen molar-refractivity contribution in [2.45, 2.75) is 32.1 Å². The first-order chi connectivity index (χ1) is 6.86. The lowest BCUT2D eigenvalue weighted by atomic mass is 9.88. The minimum atomic E-state index is 1.11. The van der Waals surface area contributed by atoms with Gasteiger partial charge in [-0.3, -0.25) is 0 Å². The second kappa shape index (κ2) is 3.23. The van der Waals surface area contributed by atoms with E-state index >= 15 is 0 Å². The lowest BCUT2D eigenvalue weighted by Gasteiger charge is -2.19. The van der Waals surface area contributed by atoms with Crippen molar-refractivity contribution >= 4 is 22.0 Å². The van der Waals surface area contributed by atoms with E-state index in [0.717, 1.165) is 6.42 Å². The molecule has 0 radical (unpaired) electrons. The molecule has 0 spiro atoms. The van der Waals surface area contributed by atoms with Gasteiger partial charge in [-0.25, -0.2) is 0 Å². The van der Waals surface area contributed by atoms with Crippen molar-refractivity contribution in [2.75, 3.05) is 0 Å². The Morgan fingerprint density at radius 2 is 1.93 bits per heavy atom. The quantitative estimate of drug-likeness (QED) is 0.654. The van der Waals surface area contributed by atoms with E-state index in [0.29, 0.717) is 0 Å². The number of aryl methyl sites for hydroxylation is 1. The summed E-state index contributed by atoms with van der Waals surface area (Å²) in [5.74, 6) is 0. The van der Waals surface area contributed by atoms with Gasteiger partial charge in [0, 0.05) is 4.47 Å². The molecule has 0 nitrogen and oxygen atoms in total. The van der Waals surface area contributed by atoms with Gasteiger partial charge in [-0.2, -0.15) is 0 Å². The number of allylic oxidation sites excluding steroid dienone is 1. The summed E-state index contributed by atoms with van der Waals surface area (Å²) in [5, 5.41) is 0. The van der Waals surface area contributed by atoms with Gasteiger partial charge in [0.2, 0.25) is 0 Å². The Kier molecular flexibility index (Phi) is 2.01. The molecule has 0 aliphatic heterocycles. The topological polar surface area (TPSA) is 0 Å². The molecule has 14 heavy (non-hydrogen) atoms. The Morgan fingerprint density at radius 1 is 1.07 bits per heavy atom. The highest BCUT2D eigenvalue weighted by molar-refractivity contribution is 9.10. The zero-order chi connectivity index (χ0) is 9.54. The summed E-state index contributed by atoms with van der Waals surface area (Å²) in [6.45, 7) is 0. The second-order valence-electron chi connectivity index (χ2n) is 4.21. The fraction of sp³-hybridized carbons (Fsp3) is 0.385. The highest BCUT2D eigenvalue weighted by Gasteiger charge is 2.18. The monoisotopic (exact) mass is 248 g/mol. The van der Waals surface area contributed by atoms with Gasteiger partial charge in [0.1, 0.15) is 0 Å². The van der Waals surface area contributed by atoms with Crippen molar-refractivity contribution in [3.8, 4) is 0 Å². The van der Waals surface area contributed by atoms with Crippen LogP contribution in [0.4, 0.5) is 0 Å². The van der Waals surface area contributed by atoms with Crippen LogP contribution in [0.25, 0.3) is 6.08 Å². The Bertz CT molecular complexity index is 416. The smallest absolute Gasteiger partial charge is 0.0251 e. The predicted molar refractivity (Wildman–Crippen MR) is 63.5 cm³/mol. The molecule has 0 saturated carbocycles. The maximum Gasteiger partial charge on any atom is 0.0251 e. The molecule has 1 aromatic carbocycles. The van der Waals surface area contributed by atoms with Crippen LogP contribution in [0.2, 0.25) is 0 Å². The van der Waals surface area contributed by atoms with Crippen LogP contribution in [0.3, 0.4) is 0 Å². The number of fused-ring (bicyclic) bond motifs is 2. The third kappa shape index (κ3) is 1.18. The summed E-state index contributed by atoms with van der Waals surface area (Å²) in [5.41, 5.74) is 6.11. The van der Waals surface area contributed by atoms with Gasteiger partial charge in [0.25, 0.3) is 0 Å². The average Bonchev–Trinajstić information content (AvgIpc) is 2.66. The van der Waals surface area contributed by atoms with Gasteiger partial charge < -0.3 is 0 Å². The molecule has 0 N–H and O–H groups in total. The highest BCUT2D eigenvalue weighted by Crippen LogP contribution is 2.36. The van der Waals surface area contributed by atoms with Crippen LogP contribution in [0, 0.1) is 0 Å². The normalized spacial score (nSPS) is 18.1. The zero-order valence-corrected chi connectivity index (χ0v) is 9.73. The molecule has 2 aliphatic carbocycles. The van der Waals surface area contributed by atoms with Gasteiger partial charge in [-0.05, 0) is 54.4 Å². The third-order valence-corrected chi connectivity index (χ3v) is 4.30. The van der Waals surface area contributed by atoms with E-state index < -0.39 is 0 Å². The van der Waals surface area contributed by atoms with Gasteiger partial charge in [0.05, 0.1) is 0 Å². The van der Waals surface area contributed by atoms with Gasteiger partial charge in [-0.1, -0.05) is 34.1 Å². The minimum absolute atomic E-state index is 1.11. The molecule has 0 saturated heterocycles. The maximum absolute atomic E-state index is 3.78. The van der Waals surface area contributed by atoms with Crippen LogP contribution in [-0.4, -0.2) is 0 Å². The van der Waals surface area contributed by atoms with E-state index in [1.807, 2.05) is 0 Å². The SMILES string of the molecule is Brc1c2c(cc3c1CCCC3)C=CC2. The summed E-state index contributed by atoms with van der Waals surface area (Å²) in [4.78, 5) is 0. The summed E-state index contributed by atoms with van der Waals surface area (Å²) >= 11 is 3.78. The van der Waals surface area contributed by atoms with Crippen molar-refractivity contribution in [1.82, 2.24) is 0 Å². The lowest BCUT2D eigenvalue weighted by molar-refractivity contribution is 0.682. The van der Waals surface area contributed by atoms with Gasteiger partial charge >= 0.3 is 0 Å². The number of rotatable bonds is 0. The number of halogens is 1. The van der Waals surface area contributed by atoms with E-state index in [-0.39, 0.29) is 0 Å². The van der Waals surface area contributed by atoms with Crippen molar-refractivity contribution in [3.63, 3.8) is 0 Å². The van der Waals surface area contributed by atoms with E-state index in [1.54, 1.807) is 11.1 Å². The lowest BCUT2D eigenvalue weighted by Crippen LogP contribution is -2.05. The molecule has 0 fully saturated rings. The molecule has 0 aromatic heterocycles. The third-order valence-electron chi connectivity index (χ3n) is 3.34. The standard InChI is InChI=1S/C13H13Br/c14-13-11-6-2-1-4-9(11)8-10-5-3-7-12(10)13/h3,5,8H,1-2,4,6-7H2. The van der Waals surface area contributed by atoms with Crippen LogP contribution in [0.1, 0.15) is 35.1 Å². The van der Waals surface area contributed by atoms with Gasteiger partial charge in [-0.15, -0.1) is 0 Å². The molecular weight excluding hydrogens is 236 g/mol. The fourth-order valence-electron chi connectivity index (χ4n) is 2.58. The van der Waals surface area contributed by atoms with Gasteiger partial charge in [0.15, 0.2) is 0 Å². The molecule has 0 unspecified atom stereocenters. The van der Waals surface area contributed by atoms with E-state index in [9.17, 15) is 0 Å². The summed E-state index contributed by atoms with van der Waals surface area (Å²) in [6.07, 6.45) is 10.9. The number of benzene rings is 1. The Balaban J connectivity index is 2.23. The van der Waals surface area contributed by atoms with Crippen LogP contribution >= 0.6 is 15.9 Å². The molecule has 0 bridgehead atoms. The van der Waals surface area contributed by atoms with Crippen LogP contribution in [0.5, 0.6) is 0 Å². The minimum Gasteiger partial charge on any atom is -0.0795 e. The first-order valence-corrected chi connectivity index (χ1v) is 6.15. The van der Waals surface area contributed by atoms with Crippen LogP contribution < -0.4 is 0 Å². The van der Waals surface area contributed by atoms with Crippen LogP contribution in [0.15, 0.2) is 16.6 Å². The molecule has 2 aliphatic rings. The van der Waals surface area contributed by atoms with Crippen molar-refractivity contribution in [3.05, 3.63) is 38.9 Å². The molecule has 0 amide bonds. The molecule has 0 heterocycles. The maximum atomic E-state index is 3.78. The largest absolute Gasteiger partial charge is 0.0795 e. The second-order valence-corrected chi connectivity index (χ2v) is 5.00. The Labute approximate surface area is 93.2 Å². The highest BCUT2D eigenvalue weighted by atomic mass is 79.9. The molecule has 1 heteroatoms. The Morgan fingerprint density at radius 3 is 2.86 bits per heavy atom. The fourth-order valence-corrected chi connectivity index (χ4v) is 3.43. The summed E-state index contributed by atoms with van der Waals surface area (Å²) in [6, 6.07) is 2.40. The number of hydrogen-bond donors (Lipinski definition) is 0. The summed E-state index contributed by atoms with van der Waals surface area (Å²) in [7, 11) is 0. The Hall–Kier alpha value is -0.560. The zero-order valence-electron chi connectivity index (χ0n) is 8.15. The first kappa shape index (κ1) is 8.72. The van der Waals surface area contributed by atoms with Crippen molar-refractivity contribution in [2.24, 2.45) is 0 Å². The predicted octanol–water partition coefficient (Wildman–Crippen LogP) is 3.90. The van der Waals surface area contributed by atoms with E-state index in [4.69, 9.17) is 0 Å². The molecular formula is C13H13Br. The first-order valence-electron chi connectivity index (χ1n) is 5.36. The molecule has 3 rings (SSSR count). The van der Waals surface area contributed by atoms with E-state index in [2.05, 4.69) is 34.1 Å². The molecule has 0 atom stereocenters. The van der Waals surface area contributed by atoms with E-state index in [1.165, 1.54) is 41.3 Å². The average molecular weight is 249 g/mol. The van der Waals surface area contributed by atoms with Crippen LogP contribution in [-0.2, 0) is 19.3 Å². The van der Waals surface area contributed by atoms with Crippen molar-refractivity contribution in [1.29, 1.82) is 0 Å². The summed E-state index contributed by atoms with van der Waals surface area (Å²) < 4.78 is 1.40.